The maximum atomic E-state index is 9.25. The molecule has 6 heteroatoms. The van der Waals surface area contributed by atoms with Crippen molar-refractivity contribution in [2.24, 2.45) is 5.92 Å². The van der Waals surface area contributed by atoms with Gasteiger partial charge >= 0.3 is 0 Å². The summed E-state index contributed by atoms with van der Waals surface area (Å²) in [7, 11) is 0. The Morgan fingerprint density at radius 3 is 1.23 bits per heavy atom. The number of hydrogen-bond acceptors (Lipinski definition) is 6. The van der Waals surface area contributed by atoms with E-state index >= 15 is 0 Å². The molecule has 1 saturated carbocycles. The van der Waals surface area contributed by atoms with E-state index < -0.39 is 43.0 Å². The predicted molar refractivity (Wildman–Crippen MR) is 40.6 cm³/mol. The lowest BCUT2D eigenvalue weighted by Gasteiger charge is -2.41. The van der Waals surface area contributed by atoms with Crippen LogP contribution in [0, 0.1) is 5.92 Å². The van der Waals surface area contributed by atoms with E-state index in [-0.39, 0.29) is 0 Å². The van der Waals surface area contributed by atoms with Gasteiger partial charge in [-0.3, -0.25) is 0 Å². The summed E-state index contributed by atoms with van der Waals surface area (Å²) in [5, 5.41) is 54.6. The van der Waals surface area contributed by atoms with Gasteiger partial charge in [-0.15, -0.1) is 0 Å². The highest BCUT2D eigenvalue weighted by Crippen LogP contribution is 2.25. The zero-order valence-corrected chi connectivity index (χ0v) is 6.85. The summed E-state index contributed by atoms with van der Waals surface area (Å²) in [6, 6.07) is 0. The van der Waals surface area contributed by atoms with Gasteiger partial charge in [-0.05, 0) is 0 Å². The van der Waals surface area contributed by atoms with E-state index in [0.717, 1.165) is 0 Å². The van der Waals surface area contributed by atoms with Crippen molar-refractivity contribution in [2.45, 2.75) is 30.5 Å². The Morgan fingerprint density at radius 1 is 0.615 bits per heavy atom. The van der Waals surface area contributed by atoms with Crippen LogP contribution in [0.2, 0.25) is 0 Å². The van der Waals surface area contributed by atoms with Crippen LogP contribution in [0.15, 0.2) is 0 Å². The van der Waals surface area contributed by atoms with Gasteiger partial charge in [0.05, 0.1) is 18.8 Å². The summed E-state index contributed by atoms with van der Waals surface area (Å²) >= 11 is 0. The van der Waals surface area contributed by atoms with E-state index in [1.54, 1.807) is 0 Å². The molecule has 1 aliphatic carbocycles. The highest BCUT2D eigenvalue weighted by molar-refractivity contribution is 4.97. The molecule has 0 aromatic carbocycles. The summed E-state index contributed by atoms with van der Waals surface area (Å²) in [5.74, 6) is -1.03. The predicted octanol–water partition coefficient (Wildman–Crippen LogP) is -3.59. The van der Waals surface area contributed by atoms with Gasteiger partial charge < -0.3 is 30.6 Å². The van der Waals surface area contributed by atoms with E-state index in [0.29, 0.717) is 0 Å². The molecule has 0 saturated heterocycles. The second-order valence-electron chi connectivity index (χ2n) is 3.30. The van der Waals surface area contributed by atoms with E-state index in [9.17, 15) is 10.2 Å². The van der Waals surface area contributed by atoms with E-state index in [1.165, 1.54) is 0 Å². The van der Waals surface area contributed by atoms with Crippen LogP contribution < -0.4 is 0 Å². The first kappa shape index (κ1) is 10.8. The number of aliphatic hydroxyl groups is 6. The van der Waals surface area contributed by atoms with Gasteiger partial charge in [0.2, 0.25) is 0 Å². The van der Waals surface area contributed by atoms with Crippen LogP contribution in [0.25, 0.3) is 0 Å². The molecule has 1 rings (SSSR count). The van der Waals surface area contributed by atoms with Crippen molar-refractivity contribution in [1.82, 2.24) is 0 Å². The quantitative estimate of drug-likeness (QED) is 0.256. The molecule has 0 bridgehead atoms. The average Bonchev–Trinajstić information content (AvgIpc) is 2.13. The Balaban J connectivity index is 2.79. The molecule has 0 spiro atoms. The zero-order valence-electron chi connectivity index (χ0n) is 6.85. The summed E-state index contributed by atoms with van der Waals surface area (Å²) in [6.45, 7) is -0.566. The minimum absolute atomic E-state index is 0.566. The van der Waals surface area contributed by atoms with Gasteiger partial charge in [0.1, 0.15) is 18.3 Å². The van der Waals surface area contributed by atoms with Crippen molar-refractivity contribution in [3.8, 4) is 0 Å². The SMILES string of the molecule is OCC1[C@H](O)[C@H](O)C(O)[C@H](O)[C@H]1O. The second-order valence-corrected chi connectivity index (χ2v) is 3.30. The molecule has 0 aromatic heterocycles. The third-order valence-electron chi connectivity index (χ3n) is 2.49. The van der Waals surface area contributed by atoms with Crippen LogP contribution in [0.1, 0.15) is 0 Å². The van der Waals surface area contributed by atoms with Crippen LogP contribution in [-0.2, 0) is 0 Å². The van der Waals surface area contributed by atoms with Crippen LogP contribution in [0.4, 0.5) is 0 Å². The summed E-state index contributed by atoms with van der Waals surface area (Å²) in [6.07, 6.45) is -7.55. The number of aliphatic hydroxyl groups excluding tert-OH is 6. The highest BCUT2D eigenvalue weighted by atomic mass is 16.4. The van der Waals surface area contributed by atoms with E-state index in [1.807, 2.05) is 0 Å². The molecule has 0 aromatic rings. The van der Waals surface area contributed by atoms with Gasteiger partial charge in [-0.25, -0.2) is 0 Å². The van der Waals surface area contributed by atoms with E-state index in [2.05, 4.69) is 0 Å². The lowest BCUT2D eigenvalue weighted by molar-refractivity contribution is -0.209. The van der Waals surface area contributed by atoms with Gasteiger partial charge in [-0.1, -0.05) is 0 Å². The zero-order chi connectivity index (χ0) is 10.2. The minimum Gasteiger partial charge on any atom is -0.396 e. The average molecular weight is 194 g/mol. The largest absolute Gasteiger partial charge is 0.396 e. The van der Waals surface area contributed by atoms with Crippen molar-refractivity contribution in [1.29, 1.82) is 0 Å². The molecular weight excluding hydrogens is 180 g/mol. The van der Waals surface area contributed by atoms with Crippen LogP contribution in [0.5, 0.6) is 0 Å². The van der Waals surface area contributed by atoms with Crippen molar-refractivity contribution in [2.75, 3.05) is 6.61 Å². The third-order valence-corrected chi connectivity index (χ3v) is 2.49. The van der Waals surface area contributed by atoms with Gasteiger partial charge in [-0.2, -0.15) is 0 Å². The lowest BCUT2D eigenvalue weighted by atomic mass is 9.79. The van der Waals surface area contributed by atoms with E-state index in [4.69, 9.17) is 20.4 Å². The maximum absolute atomic E-state index is 9.25. The highest BCUT2D eigenvalue weighted by Gasteiger charge is 2.47. The van der Waals surface area contributed by atoms with Gasteiger partial charge in [0.25, 0.3) is 0 Å². The molecule has 0 amide bonds. The first-order valence-corrected chi connectivity index (χ1v) is 4.02. The monoisotopic (exact) mass is 194 g/mol. The van der Waals surface area contributed by atoms with Crippen LogP contribution in [-0.4, -0.2) is 67.8 Å². The fourth-order valence-corrected chi connectivity index (χ4v) is 1.53. The standard InChI is InChI=1S/C7H14O6/c8-1-2-3(9)5(11)7(13)6(12)4(2)10/h2-13H,1H2/t2?,3-,4-,5-,6+,7?/m0/s1. The Kier molecular flexibility index (Phi) is 3.23. The second kappa shape index (κ2) is 3.87. The lowest BCUT2D eigenvalue weighted by Crippen LogP contribution is -2.61. The van der Waals surface area contributed by atoms with Gasteiger partial charge in [0, 0.05) is 5.92 Å². The first-order valence-electron chi connectivity index (χ1n) is 4.02. The normalized spacial score (nSPS) is 52.2. The topological polar surface area (TPSA) is 121 Å². The third kappa shape index (κ3) is 1.69. The Labute approximate surface area is 74.7 Å². The fraction of sp³-hybridized carbons (Fsp3) is 1.00. The molecule has 2 unspecified atom stereocenters. The maximum Gasteiger partial charge on any atom is 0.111 e. The number of hydrogen-bond donors (Lipinski definition) is 6. The van der Waals surface area contributed by atoms with Crippen LogP contribution in [0.3, 0.4) is 0 Å². The summed E-state index contributed by atoms with van der Waals surface area (Å²) in [5.41, 5.74) is 0. The van der Waals surface area contributed by atoms with Gasteiger partial charge in [0.15, 0.2) is 0 Å². The fourth-order valence-electron chi connectivity index (χ4n) is 1.53. The smallest absolute Gasteiger partial charge is 0.111 e. The van der Waals surface area contributed by atoms with Crippen LogP contribution >= 0.6 is 0 Å². The Morgan fingerprint density at radius 2 is 0.923 bits per heavy atom. The molecule has 6 nitrogen and oxygen atoms in total. The molecule has 78 valence electrons. The summed E-state index contributed by atoms with van der Waals surface area (Å²) < 4.78 is 0. The number of rotatable bonds is 1. The Bertz CT molecular complexity index is 158. The summed E-state index contributed by atoms with van der Waals surface area (Å²) in [4.78, 5) is 0. The van der Waals surface area contributed by atoms with Crippen molar-refractivity contribution >= 4 is 0 Å². The minimum atomic E-state index is -1.59. The molecule has 0 heterocycles. The molecule has 13 heavy (non-hydrogen) atoms. The molecule has 0 radical (unpaired) electrons. The molecule has 6 N–H and O–H groups in total. The van der Waals surface area contributed by atoms with Crippen molar-refractivity contribution < 1.29 is 30.6 Å². The molecule has 6 atom stereocenters. The molecule has 1 fully saturated rings. The van der Waals surface area contributed by atoms with Crippen molar-refractivity contribution in [3.05, 3.63) is 0 Å². The molecule has 1 aliphatic rings. The Hall–Kier alpha value is -0.240. The molecule has 0 aliphatic heterocycles. The molecular formula is C7H14O6. The van der Waals surface area contributed by atoms with Crippen molar-refractivity contribution in [3.63, 3.8) is 0 Å². The first-order chi connectivity index (χ1) is 6.00.